The lowest BCUT2D eigenvalue weighted by Crippen LogP contribution is -2.40. The average molecular weight is 343 g/mol. The highest BCUT2D eigenvalue weighted by Crippen LogP contribution is 2.37. The van der Waals surface area contributed by atoms with Gasteiger partial charge in [-0.1, -0.05) is 40.7 Å². The Labute approximate surface area is 145 Å². The second-order valence-corrected chi connectivity index (χ2v) is 5.90. The molecule has 5 N–H and O–H groups in total. The van der Waals surface area contributed by atoms with Crippen LogP contribution in [0.2, 0.25) is 0 Å². The van der Waals surface area contributed by atoms with Gasteiger partial charge < -0.3 is 21.5 Å². The number of hydrogen-bond donors (Lipinski definition) is 4. The van der Waals surface area contributed by atoms with Crippen molar-refractivity contribution in [2.75, 3.05) is 13.1 Å². The van der Waals surface area contributed by atoms with Crippen molar-refractivity contribution in [2.45, 2.75) is 47.1 Å². The molecule has 0 aromatic heterocycles. The number of amides is 2. The number of carboxylic acids is 1. The maximum atomic E-state index is 11.6. The minimum Gasteiger partial charge on any atom is -0.479 e. The number of nitrogens with one attached hydrogen (secondary N) is 2. The van der Waals surface area contributed by atoms with Crippen molar-refractivity contribution in [1.29, 1.82) is 0 Å². The molecule has 0 aromatic rings. The molecule has 3 atom stereocenters. The second-order valence-electron chi connectivity index (χ2n) is 5.90. The highest BCUT2D eigenvalue weighted by molar-refractivity contribution is 5.87. The van der Waals surface area contributed by atoms with Crippen molar-refractivity contribution in [3.63, 3.8) is 0 Å². The smallest absolute Gasteiger partial charge is 0.330 e. The molecule has 0 saturated heterocycles. The van der Waals surface area contributed by atoms with E-state index in [4.69, 9.17) is 10.8 Å². The van der Waals surface area contributed by atoms with E-state index in [0.717, 1.165) is 12.0 Å². The van der Waals surface area contributed by atoms with Crippen molar-refractivity contribution in [2.24, 2.45) is 23.5 Å². The van der Waals surface area contributed by atoms with Crippen LogP contribution in [0.4, 0.5) is 0 Å². The molecule has 1 rings (SSSR count). The molecule has 7 heteroatoms. The summed E-state index contributed by atoms with van der Waals surface area (Å²) in [5, 5.41) is 13.7. The first-order chi connectivity index (χ1) is 11.2. The monoisotopic (exact) mass is 343 g/mol. The van der Waals surface area contributed by atoms with Crippen LogP contribution in [-0.4, -0.2) is 42.0 Å². The molecule has 0 heterocycles. The van der Waals surface area contributed by atoms with E-state index in [-0.39, 0.29) is 30.2 Å². The zero-order valence-corrected chi connectivity index (χ0v) is 15.5. The van der Waals surface area contributed by atoms with Crippen molar-refractivity contribution in [1.82, 2.24) is 10.6 Å². The number of hydrogen-bond acceptors (Lipinski definition) is 4. The van der Waals surface area contributed by atoms with Crippen molar-refractivity contribution in [3.05, 3.63) is 12.7 Å². The van der Waals surface area contributed by atoms with Crippen LogP contribution in [-0.2, 0) is 14.4 Å². The van der Waals surface area contributed by atoms with Crippen LogP contribution in [0.1, 0.15) is 41.0 Å². The molecule has 140 valence electrons. The highest BCUT2D eigenvalue weighted by atomic mass is 16.4. The third kappa shape index (κ3) is 11.6. The quantitative estimate of drug-likeness (QED) is 0.516. The summed E-state index contributed by atoms with van der Waals surface area (Å²) in [6.07, 6.45) is 1.80. The third-order valence-electron chi connectivity index (χ3n) is 2.81. The lowest BCUT2D eigenvalue weighted by atomic mass is 10.2. The van der Waals surface area contributed by atoms with Crippen LogP contribution >= 0.6 is 0 Å². The van der Waals surface area contributed by atoms with Gasteiger partial charge in [0, 0.05) is 12.5 Å². The molecule has 1 aliphatic rings. The lowest BCUT2D eigenvalue weighted by Gasteiger charge is -2.09. The zero-order chi connectivity index (χ0) is 19.3. The van der Waals surface area contributed by atoms with Gasteiger partial charge in [-0.15, -0.1) is 6.58 Å². The molecule has 0 spiro atoms. The lowest BCUT2D eigenvalue weighted by molar-refractivity contribution is -0.140. The minimum absolute atomic E-state index is 0.0553. The van der Waals surface area contributed by atoms with E-state index in [9.17, 15) is 14.4 Å². The van der Waals surface area contributed by atoms with Gasteiger partial charge >= 0.3 is 5.97 Å². The van der Waals surface area contributed by atoms with Crippen molar-refractivity contribution < 1.29 is 19.5 Å². The fourth-order valence-electron chi connectivity index (χ4n) is 1.59. The van der Waals surface area contributed by atoms with Crippen LogP contribution < -0.4 is 16.4 Å². The zero-order valence-electron chi connectivity index (χ0n) is 15.5. The Morgan fingerprint density at radius 3 is 2.17 bits per heavy atom. The highest BCUT2D eigenvalue weighted by Gasteiger charge is 2.43. The molecule has 1 saturated carbocycles. The van der Waals surface area contributed by atoms with E-state index >= 15 is 0 Å². The summed E-state index contributed by atoms with van der Waals surface area (Å²) in [5.41, 5.74) is 5.12. The van der Waals surface area contributed by atoms with E-state index in [1.54, 1.807) is 0 Å². The van der Waals surface area contributed by atoms with E-state index in [0.29, 0.717) is 13.0 Å². The SMILES string of the molecule is C=CC(NC(=O)C1CC1CNC(=O)CN)C(=O)O.CC.CC(C)C. The van der Waals surface area contributed by atoms with E-state index in [2.05, 4.69) is 38.0 Å². The van der Waals surface area contributed by atoms with Gasteiger partial charge in [0.15, 0.2) is 0 Å². The second kappa shape index (κ2) is 13.5. The Kier molecular flexibility index (Phi) is 13.7. The van der Waals surface area contributed by atoms with Crippen LogP contribution in [0, 0.1) is 17.8 Å². The molecule has 0 radical (unpaired) electrons. The summed E-state index contributed by atoms with van der Waals surface area (Å²) >= 11 is 0. The molecule has 2 amide bonds. The normalized spacial score (nSPS) is 18.8. The number of carboxylic acid groups (broad SMARTS) is 1. The van der Waals surface area contributed by atoms with Gasteiger partial charge in [-0.3, -0.25) is 9.59 Å². The molecule has 1 aliphatic carbocycles. The van der Waals surface area contributed by atoms with Gasteiger partial charge in [-0.05, 0) is 18.3 Å². The van der Waals surface area contributed by atoms with E-state index in [1.165, 1.54) is 0 Å². The van der Waals surface area contributed by atoms with Crippen LogP contribution in [0.5, 0.6) is 0 Å². The van der Waals surface area contributed by atoms with Gasteiger partial charge in [-0.2, -0.15) is 0 Å². The summed E-state index contributed by atoms with van der Waals surface area (Å²) in [6.45, 7) is 14.1. The Morgan fingerprint density at radius 1 is 1.29 bits per heavy atom. The number of carbonyl (C=O) groups is 3. The summed E-state index contributed by atoms with van der Waals surface area (Å²) in [7, 11) is 0. The van der Waals surface area contributed by atoms with Crippen LogP contribution in [0.15, 0.2) is 12.7 Å². The molecule has 0 aromatic carbocycles. The molecular formula is C17H33N3O4. The molecule has 0 aliphatic heterocycles. The Bertz CT molecular complexity index is 408. The first kappa shape index (κ1) is 24.4. The van der Waals surface area contributed by atoms with Gasteiger partial charge in [0.1, 0.15) is 6.04 Å². The first-order valence-electron chi connectivity index (χ1n) is 8.35. The van der Waals surface area contributed by atoms with Gasteiger partial charge in [0.25, 0.3) is 0 Å². The Morgan fingerprint density at radius 2 is 1.79 bits per heavy atom. The first-order valence-corrected chi connectivity index (χ1v) is 8.35. The van der Waals surface area contributed by atoms with Crippen molar-refractivity contribution in [3.8, 4) is 0 Å². The van der Waals surface area contributed by atoms with Gasteiger partial charge in [0.05, 0.1) is 6.54 Å². The van der Waals surface area contributed by atoms with Gasteiger partial charge in [-0.25, -0.2) is 4.79 Å². The molecule has 3 unspecified atom stereocenters. The summed E-state index contributed by atoms with van der Waals surface area (Å²) in [6, 6.07) is -1.07. The maximum Gasteiger partial charge on any atom is 0.330 e. The maximum absolute atomic E-state index is 11.6. The standard InChI is InChI=1S/C11H17N3O4.C4H10.C2H6/c1-2-8(11(17)18)14-10(16)7-3-6(7)5-13-9(15)4-12;1-4(2)3;1-2/h2,6-8H,1,3-5,12H2,(H,13,15)(H,14,16)(H,17,18);4H,1-3H3;1-2H3. The molecule has 7 nitrogen and oxygen atoms in total. The molecule has 24 heavy (non-hydrogen) atoms. The molecule has 0 bridgehead atoms. The summed E-state index contributed by atoms with van der Waals surface area (Å²) < 4.78 is 0. The number of nitrogens with two attached hydrogens (primary N) is 1. The molecule has 1 fully saturated rings. The number of carbonyl (C=O) groups excluding carboxylic acids is 2. The van der Waals surface area contributed by atoms with Crippen LogP contribution in [0.25, 0.3) is 0 Å². The largest absolute Gasteiger partial charge is 0.479 e. The third-order valence-corrected chi connectivity index (χ3v) is 2.81. The average Bonchev–Trinajstić information content (AvgIpc) is 3.30. The number of rotatable bonds is 7. The predicted molar refractivity (Wildman–Crippen MR) is 95.3 cm³/mol. The van der Waals surface area contributed by atoms with E-state index < -0.39 is 12.0 Å². The predicted octanol–water partition coefficient (Wildman–Crippen LogP) is 1.14. The summed E-state index contributed by atoms with van der Waals surface area (Å²) in [4.78, 5) is 33.2. The Hall–Kier alpha value is -1.89. The fraction of sp³-hybridized carbons (Fsp3) is 0.706. The fourth-order valence-corrected chi connectivity index (χ4v) is 1.59. The summed E-state index contributed by atoms with van der Waals surface area (Å²) in [5.74, 6) is -1.10. The minimum atomic E-state index is -1.15. The Balaban J connectivity index is 0. The van der Waals surface area contributed by atoms with Gasteiger partial charge in [0.2, 0.25) is 11.8 Å². The topological polar surface area (TPSA) is 122 Å². The van der Waals surface area contributed by atoms with E-state index in [1.807, 2.05) is 13.8 Å². The van der Waals surface area contributed by atoms with Crippen LogP contribution in [0.3, 0.4) is 0 Å². The number of aliphatic carboxylic acids is 1. The van der Waals surface area contributed by atoms with Crippen molar-refractivity contribution >= 4 is 17.8 Å². The molecular weight excluding hydrogens is 310 g/mol.